The zero-order valence-corrected chi connectivity index (χ0v) is 20.2. The number of likely N-dealkylation sites (tertiary alicyclic amines) is 1. The molecule has 3 atom stereocenters. The molecule has 6 heteroatoms. The first kappa shape index (κ1) is 22.7. The second kappa shape index (κ2) is 8.63. The van der Waals surface area contributed by atoms with Crippen molar-refractivity contribution in [2.45, 2.75) is 63.5 Å². The number of carboxylic acids is 1. The Labute approximate surface area is 204 Å². The fourth-order valence-electron chi connectivity index (χ4n) is 5.92. The van der Waals surface area contributed by atoms with Crippen LogP contribution in [0.3, 0.4) is 0 Å². The summed E-state index contributed by atoms with van der Waals surface area (Å²) in [5.41, 5.74) is 1.12. The molecule has 174 valence electrons. The van der Waals surface area contributed by atoms with Gasteiger partial charge in [-0.25, -0.2) is 0 Å². The van der Waals surface area contributed by atoms with Crippen LogP contribution >= 0.6 is 23.2 Å². The molecule has 1 saturated heterocycles. The summed E-state index contributed by atoms with van der Waals surface area (Å²) in [5.74, 6) is -0.0132. The van der Waals surface area contributed by atoms with E-state index in [1.807, 2.05) is 49.4 Å². The zero-order chi connectivity index (χ0) is 23.3. The predicted molar refractivity (Wildman–Crippen MR) is 129 cm³/mol. The number of halogens is 2. The average molecular weight is 486 g/mol. The van der Waals surface area contributed by atoms with Crippen LogP contribution in [0.5, 0.6) is 0 Å². The number of nitrogens with zero attached hydrogens (tertiary/aromatic N) is 1. The summed E-state index contributed by atoms with van der Waals surface area (Å²) in [5, 5.41) is 11.0. The van der Waals surface area contributed by atoms with Crippen LogP contribution in [-0.4, -0.2) is 27.9 Å². The lowest BCUT2D eigenvalue weighted by molar-refractivity contribution is -0.161. The molecule has 1 amide bonds. The quantitative estimate of drug-likeness (QED) is 0.473. The first-order valence-corrected chi connectivity index (χ1v) is 12.6. The van der Waals surface area contributed by atoms with Crippen molar-refractivity contribution in [3.8, 4) is 0 Å². The van der Waals surface area contributed by atoms with Gasteiger partial charge in [0.15, 0.2) is 0 Å². The number of amides is 1. The number of piperidine rings is 1. The Morgan fingerprint density at radius 2 is 1.67 bits per heavy atom. The minimum atomic E-state index is -0.968. The fraction of sp³-hybridized carbons (Fsp3) is 0.481. The molecule has 2 aromatic carbocycles. The minimum absolute atomic E-state index is 0.0214. The van der Waals surface area contributed by atoms with Gasteiger partial charge in [-0.2, -0.15) is 0 Å². The van der Waals surface area contributed by atoms with Gasteiger partial charge in [-0.3, -0.25) is 9.59 Å². The molecule has 4 nitrogen and oxygen atoms in total. The summed E-state index contributed by atoms with van der Waals surface area (Å²) in [6.45, 7) is 1.84. The number of hydrogen-bond acceptors (Lipinski definition) is 2. The number of hydrogen-bond donors (Lipinski definition) is 1. The maximum absolute atomic E-state index is 14.2. The van der Waals surface area contributed by atoms with Crippen molar-refractivity contribution >= 4 is 35.1 Å². The van der Waals surface area contributed by atoms with E-state index < -0.39 is 11.4 Å². The van der Waals surface area contributed by atoms with Crippen molar-refractivity contribution in [3.63, 3.8) is 0 Å². The van der Waals surface area contributed by atoms with Crippen LogP contribution in [-0.2, 0) is 9.59 Å². The van der Waals surface area contributed by atoms with Crippen molar-refractivity contribution in [3.05, 3.63) is 69.7 Å². The van der Waals surface area contributed by atoms with Crippen molar-refractivity contribution in [1.82, 2.24) is 4.90 Å². The van der Waals surface area contributed by atoms with Gasteiger partial charge in [0.25, 0.3) is 0 Å². The fourth-order valence-corrected chi connectivity index (χ4v) is 6.25. The van der Waals surface area contributed by atoms with Gasteiger partial charge >= 0.3 is 5.97 Å². The van der Waals surface area contributed by atoms with E-state index in [-0.39, 0.29) is 30.3 Å². The van der Waals surface area contributed by atoms with Crippen LogP contribution in [0.4, 0.5) is 0 Å². The number of carbonyl (C=O) groups excluding carboxylic acids is 1. The monoisotopic (exact) mass is 485 g/mol. The van der Waals surface area contributed by atoms with Crippen LogP contribution in [0.25, 0.3) is 0 Å². The first-order chi connectivity index (χ1) is 15.8. The van der Waals surface area contributed by atoms with Crippen molar-refractivity contribution in [2.24, 2.45) is 17.3 Å². The smallest absolute Gasteiger partial charge is 0.304 e. The van der Waals surface area contributed by atoms with Gasteiger partial charge in [0.1, 0.15) is 0 Å². The Hall–Kier alpha value is -2.04. The number of carboxylic acid groups (broad SMARTS) is 1. The Morgan fingerprint density at radius 1 is 1.03 bits per heavy atom. The summed E-state index contributed by atoms with van der Waals surface area (Å²) < 4.78 is 0. The maximum Gasteiger partial charge on any atom is 0.304 e. The highest BCUT2D eigenvalue weighted by Gasteiger charge is 2.57. The lowest BCUT2D eigenvalue weighted by atomic mass is 9.66. The van der Waals surface area contributed by atoms with E-state index in [1.54, 1.807) is 0 Å². The molecular weight excluding hydrogens is 457 g/mol. The topological polar surface area (TPSA) is 57.6 Å². The Kier molecular flexibility index (Phi) is 5.95. The largest absolute Gasteiger partial charge is 0.481 e. The molecule has 1 aliphatic heterocycles. The van der Waals surface area contributed by atoms with Gasteiger partial charge in [-0.05, 0) is 79.3 Å². The molecule has 33 heavy (non-hydrogen) atoms. The predicted octanol–water partition coefficient (Wildman–Crippen LogP) is 6.72. The summed E-state index contributed by atoms with van der Waals surface area (Å²) in [6.07, 6.45) is 4.83. The Morgan fingerprint density at radius 3 is 2.21 bits per heavy atom. The van der Waals surface area contributed by atoms with Crippen molar-refractivity contribution in [2.75, 3.05) is 0 Å². The molecule has 2 aromatic rings. The van der Waals surface area contributed by atoms with Crippen LogP contribution in [0.1, 0.15) is 68.5 Å². The van der Waals surface area contributed by atoms with Gasteiger partial charge in [0.2, 0.25) is 5.91 Å². The molecule has 0 spiro atoms. The normalized spacial score (nSPS) is 27.8. The van der Waals surface area contributed by atoms with E-state index in [4.69, 9.17) is 23.2 Å². The van der Waals surface area contributed by atoms with E-state index in [2.05, 4.69) is 11.0 Å². The standard InChI is InChI=1S/C27H29Cl2NO3/c1-27(15-23(31)32)14-22(19-3-2-4-21(29)13-19)25(18-9-11-20(28)12-10-18)30(26(27)33)24(16-5-6-16)17-7-8-17/h2-4,9-13,16-17,22,24-25H,5-8,14-15H2,1H3,(H,31,32)/t22?,25-,27-/m1/s1. The molecule has 0 bridgehead atoms. The third kappa shape index (κ3) is 4.52. The third-order valence-corrected chi connectivity index (χ3v) is 8.15. The highest BCUT2D eigenvalue weighted by Crippen LogP contribution is 2.57. The molecule has 0 radical (unpaired) electrons. The van der Waals surface area contributed by atoms with Crippen LogP contribution in [0, 0.1) is 17.3 Å². The van der Waals surface area contributed by atoms with Crippen LogP contribution in [0.2, 0.25) is 10.0 Å². The zero-order valence-electron chi connectivity index (χ0n) is 18.7. The summed E-state index contributed by atoms with van der Waals surface area (Å²) in [6, 6.07) is 15.6. The summed E-state index contributed by atoms with van der Waals surface area (Å²) in [4.78, 5) is 28.2. The third-order valence-electron chi connectivity index (χ3n) is 7.66. The SMILES string of the molecule is C[C@]1(CC(=O)O)CC(c2cccc(Cl)c2)[C@@H](c2ccc(Cl)cc2)N(C(C2CC2)C2CC2)C1=O. The molecule has 0 aromatic heterocycles. The molecule has 5 rings (SSSR count). The van der Waals surface area contributed by atoms with Gasteiger partial charge in [-0.1, -0.05) is 54.4 Å². The number of benzene rings is 2. The molecule has 1 N–H and O–H groups in total. The molecular formula is C27H29Cl2NO3. The molecule has 1 heterocycles. The van der Waals surface area contributed by atoms with Crippen LogP contribution in [0.15, 0.2) is 48.5 Å². The van der Waals surface area contributed by atoms with Crippen LogP contribution < -0.4 is 0 Å². The van der Waals surface area contributed by atoms with Gasteiger partial charge in [0.05, 0.1) is 17.9 Å². The molecule has 3 aliphatic rings. The van der Waals surface area contributed by atoms with Crippen molar-refractivity contribution < 1.29 is 14.7 Å². The van der Waals surface area contributed by atoms with Gasteiger partial charge in [0, 0.05) is 22.0 Å². The lowest BCUT2D eigenvalue weighted by Gasteiger charge is -2.52. The van der Waals surface area contributed by atoms with E-state index in [1.165, 1.54) is 0 Å². The van der Waals surface area contributed by atoms with Crippen molar-refractivity contribution in [1.29, 1.82) is 0 Å². The highest BCUT2D eigenvalue weighted by atomic mass is 35.5. The van der Waals surface area contributed by atoms with E-state index in [0.29, 0.717) is 28.3 Å². The lowest BCUT2D eigenvalue weighted by Crippen LogP contribution is -2.57. The average Bonchev–Trinajstić information content (AvgIpc) is 3.67. The first-order valence-electron chi connectivity index (χ1n) is 11.8. The summed E-state index contributed by atoms with van der Waals surface area (Å²) >= 11 is 12.6. The molecule has 1 unspecified atom stereocenters. The van der Waals surface area contributed by atoms with Gasteiger partial charge in [-0.15, -0.1) is 0 Å². The Bertz CT molecular complexity index is 1050. The maximum atomic E-state index is 14.2. The van der Waals surface area contributed by atoms with E-state index >= 15 is 0 Å². The second-order valence-electron chi connectivity index (χ2n) is 10.4. The summed E-state index contributed by atoms with van der Waals surface area (Å²) in [7, 11) is 0. The van der Waals surface area contributed by atoms with Gasteiger partial charge < -0.3 is 10.0 Å². The minimum Gasteiger partial charge on any atom is -0.481 e. The number of carbonyl (C=O) groups is 2. The second-order valence-corrected chi connectivity index (χ2v) is 11.2. The molecule has 2 aliphatic carbocycles. The van der Waals surface area contributed by atoms with E-state index in [9.17, 15) is 14.7 Å². The number of rotatable bonds is 7. The Balaban J connectivity index is 1.68. The molecule has 3 fully saturated rings. The van der Waals surface area contributed by atoms with E-state index in [0.717, 1.165) is 36.8 Å². The highest BCUT2D eigenvalue weighted by molar-refractivity contribution is 6.30. The molecule has 2 saturated carbocycles. The number of aliphatic carboxylic acids is 1.